The van der Waals surface area contributed by atoms with Crippen molar-refractivity contribution in [3.63, 3.8) is 0 Å². The summed E-state index contributed by atoms with van der Waals surface area (Å²) in [7, 11) is 0. The van der Waals surface area contributed by atoms with E-state index in [-0.39, 0.29) is 6.04 Å². The first-order valence-electron chi connectivity index (χ1n) is 6.08. The Hall–Kier alpha value is -0.570. The van der Waals surface area contributed by atoms with E-state index in [2.05, 4.69) is 19.2 Å². The Balaban J connectivity index is 2.38. The largest absolute Gasteiger partial charge is 0.480 e. The van der Waals surface area contributed by atoms with Gasteiger partial charge in [-0.1, -0.05) is 33.1 Å². The van der Waals surface area contributed by atoms with Crippen LogP contribution in [0.4, 0.5) is 0 Å². The second-order valence-corrected chi connectivity index (χ2v) is 5.02. The first-order chi connectivity index (χ1) is 7.09. The molecule has 1 saturated carbocycles. The summed E-state index contributed by atoms with van der Waals surface area (Å²) in [6.45, 7) is 4.14. The molecule has 0 aromatic rings. The van der Waals surface area contributed by atoms with Gasteiger partial charge < -0.3 is 10.4 Å². The molecule has 0 bridgehead atoms. The van der Waals surface area contributed by atoms with Crippen LogP contribution < -0.4 is 5.32 Å². The molecular formula is C12H23NO2. The van der Waals surface area contributed by atoms with E-state index >= 15 is 0 Å². The monoisotopic (exact) mass is 213 g/mol. The number of nitrogens with one attached hydrogen (secondary N) is 1. The molecule has 0 aromatic heterocycles. The fourth-order valence-electron chi connectivity index (χ4n) is 2.27. The van der Waals surface area contributed by atoms with Gasteiger partial charge in [-0.05, 0) is 25.2 Å². The van der Waals surface area contributed by atoms with E-state index in [1.807, 2.05) is 0 Å². The second-order valence-electron chi connectivity index (χ2n) is 5.02. The quantitative estimate of drug-likeness (QED) is 0.737. The van der Waals surface area contributed by atoms with Crippen LogP contribution in [-0.4, -0.2) is 23.2 Å². The third-order valence-corrected chi connectivity index (χ3v) is 3.05. The lowest BCUT2D eigenvalue weighted by molar-refractivity contribution is -0.140. The summed E-state index contributed by atoms with van der Waals surface area (Å²) in [5, 5.41) is 12.4. The summed E-state index contributed by atoms with van der Waals surface area (Å²) in [6, 6.07) is 0.0756. The number of aliphatic carboxylic acids is 1. The lowest BCUT2D eigenvalue weighted by Crippen LogP contribution is -2.44. The summed E-state index contributed by atoms with van der Waals surface area (Å²) < 4.78 is 0. The molecule has 0 heterocycles. The Morgan fingerprint density at radius 1 is 1.33 bits per heavy atom. The van der Waals surface area contributed by atoms with Gasteiger partial charge in [0.1, 0.15) is 6.04 Å². The lowest BCUT2D eigenvalue weighted by Gasteiger charge is -2.27. The highest BCUT2D eigenvalue weighted by molar-refractivity contribution is 5.73. The van der Waals surface area contributed by atoms with Gasteiger partial charge >= 0.3 is 5.97 Å². The van der Waals surface area contributed by atoms with Crippen molar-refractivity contribution >= 4 is 5.97 Å². The van der Waals surface area contributed by atoms with E-state index in [0.717, 1.165) is 19.3 Å². The van der Waals surface area contributed by atoms with Gasteiger partial charge in [-0.3, -0.25) is 4.79 Å². The molecule has 0 spiro atoms. The van der Waals surface area contributed by atoms with Gasteiger partial charge in [0.2, 0.25) is 0 Å². The molecule has 1 rings (SSSR count). The van der Waals surface area contributed by atoms with Crippen LogP contribution in [0, 0.1) is 5.92 Å². The minimum atomic E-state index is -0.700. The smallest absolute Gasteiger partial charge is 0.320 e. The SMILES string of the molecule is CC(C)CC(NC1CCCCC1)C(=O)O. The molecule has 1 unspecified atom stereocenters. The van der Waals surface area contributed by atoms with Crippen molar-refractivity contribution in [3.8, 4) is 0 Å². The fourth-order valence-corrected chi connectivity index (χ4v) is 2.27. The van der Waals surface area contributed by atoms with Gasteiger partial charge in [0, 0.05) is 6.04 Å². The molecule has 0 aromatic carbocycles. The van der Waals surface area contributed by atoms with Crippen molar-refractivity contribution in [2.24, 2.45) is 5.92 Å². The van der Waals surface area contributed by atoms with E-state index < -0.39 is 5.97 Å². The van der Waals surface area contributed by atoms with Gasteiger partial charge in [-0.15, -0.1) is 0 Å². The molecule has 88 valence electrons. The highest BCUT2D eigenvalue weighted by Gasteiger charge is 2.23. The minimum Gasteiger partial charge on any atom is -0.480 e. The average Bonchev–Trinajstić information content (AvgIpc) is 2.17. The Labute approximate surface area is 92.3 Å². The van der Waals surface area contributed by atoms with E-state index in [1.54, 1.807) is 0 Å². The van der Waals surface area contributed by atoms with Crippen molar-refractivity contribution < 1.29 is 9.90 Å². The summed E-state index contributed by atoms with van der Waals surface area (Å²) in [6.07, 6.45) is 6.80. The van der Waals surface area contributed by atoms with Crippen molar-refractivity contribution in [1.82, 2.24) is 5.32 Å². The Bertz CT molecular complexity index is 198. The maximum Gasteiger partial charge on any atom is 0.320 e. The maximum absolute atomic E-state index is 11.0. The molecule has 0 saturated heterocycles. The molecule has 0 radical (unpaired) electrons. The Kier molecular flexibility index (Phi) is 5.09. The van der Waals surface area contributed by atoms with Crippen LogP contribution in [0.15, 0.2) is 0 Å². The number of hydrogen-bond acceptors (Lipinski definition) is 2. The zero-order valence-electron chi connectivity index (χ0n) is 9.83. The molecule has 1 aliphatic rings. The first-order valence-corrected chi connectivity index (χ1v) is 6.08. The third kappa shape index (κ3) is 4.65. The van der Waals surface area contributed by atoms with Crippen LogP contribution >= 0.6 is 0 Å². The van der Waals surface area contributed by atoms with Crippen molar-refractivity contribution in [3.05, 3.63) is 0 Å². The molecule has 2 N–H and O–H groups in total. The van der Waals surface area contributed by atoms with E-state index in [4.69, 9.17) is 5.11 Å². The number of carboxylic acids is 1. The van der Waals surface area contributed by atoms with Crippen LogP contribution in [0.25, 0.3) is 0 Å². The normalized spacial score (nSPS) is 20.5. The number of carbonyl (C=O) groups is 1. The molecular weight excluding hydrogens is 190 g/mol. The zero-order valence-corrected chi connectivity index (χ0v) is 9.83. The molecule has 3 heteroatoms. The highest BCUT2D eigenvalue weighted by atomic mass is 16.4. The number of rotatable bonds is 5. The Morgan fingerprint density at radius 3 is 2.40 bits per heavy atom. The third-order valence-electron chi connectivity index (χ3n) is 3.05. The van der Waals surface area contributed by atoms with E-state index in [1.165, 1.54) is 19.3 Å². The van der Waals surface area contributed by atoms with Crippen molar-refractivity contribution in [1.29, 1.82) is 0 Å². The average molecular weight is 213 g/mol. The lowest BCUT2D eigenvalue weighted by atomic mass is 9.93. The molecule has 15 heavy (non-hydrogen) atoms. The maximum atomic E-state index is 11.0. The van der Waals surface area contributed by atoms with Gasteiger partial charge in [0.05, 0.1) is 0 Å². The molecule has 1 fully saturated rings. The fraction of sp³-hybridized carbons (Fsp3) is 0.917. The van der Waals surface area contributed by atoms with E-state index in [9.17, 15) is 4.79 Å². The molecule has 1 atom stereocenters. The highest BCUT2D eigenvalue weighted by Crippen LogP contribution is 2.19. The molecule has 3 nitrogen and oxygen atoms in total. The van der Waals surface area contributed by atoms with Crippen molar-refractivity contribution in [2.45, 2.75) is 64.5 Å². The van der Waals surface area contributed by atoms with Crippen LogP contribution in [0.1, 0.15) is 52.4 Å². The Morgan fingerprint density at radius 2 is 1.93 bits per heavy atom. The minimum absolute atomic E-state index is 0.354. The number of hydrogen-bond donors (Lipinski definition) is 2. The first kappa shape index (κ1) is 12.5. The topological polar surface area (TPSA) is 49.3 Å². The van der Waals surface area contributed by atoms with Gasteiger partial charge in [-0.25, -0.2) is 0 Å². The predicted molar refractivity (Wildman–Crippen MR) is 60.9 cm³/mol. The zero-order chi connectivity index (χ0) is 11.3. The van der Waals surface area contributed by atoms with Gasteiger partial charge in [0.15, 0.2) is 0 Å². The molecule has 1 aliphatic carbocycles. The van der Waals surface area contributed by atoms with Gasteiger partial charge in [-0.2, -0.15) is 0 Å². The van der Waals surface area contributed by atoms with Crippen LogP contribution in [-0.2, 0) is 4.79 Å². The van der Waals surface area contributed by atoms with E-state index in [0.29, 0.717) is 12.0 Å². The summed E-state index contributed by atoms with van der Waals surface area (Å²) in [4.78, 5) is 11.0. The molecule has 0 aliphatic heterocycles. The summed E-state index contributed by atoms with van der Waals surface area (Å²) in [5.41, 5.74) is 0. The standard InChI is InChI=1S/C12H23NO2/c1-9(2)8-11(12(14)15)13-10-6-4-3-5-7-10/h9-11,13H,3-8H2,1-2H3,(H,14,15). The predicted octanol–water partition coefficient (Wildman–Crippen LogP) is 2.41. The summed E-state index contributed by atoms with van der Waals surface area (Å²) >= 11 is 0. The van der Waals surface area contributed by atoms with Crippen LogP contribution in [0.3, 0.4) is 0 Å². The number of carboxylic acid groups (broad SMARTS) is 1. The van der Waals surface area contributed by atoms with Gasteiger partial charge in [0.25, 0.3) is 0 Å². The second kappa shape index (κ2) is 6.11. The molecule has 0 amide bonds. The van der Waals surface area contributed by atoms with Crippen LogP contribution in [0.2, 0.25) is 0 Å². The van der Waals surface area contributed by atoms with Crippen LogP contribution in [0.5, 0.6) is 0 Å². The van der Waals surface area contributed by atoms with Crippen molar-refractivity contribution in [2.75, 3.05) is 0 Å². The summed E-state index contributed by atoms with van der Waals surface area (Å²) in [5.74, 6) is -0.267.